The van der Waals surface area contributed by atoms with Gasteiger partial charge in [-0.3, -0.25) is 0 Å². The van der Waals surface area contributed by atoms with Crippen LogP contribution in [0.25, 0.3) is 0 Å². The minimum absolute atomic E-state index is 0.173. The molecule has 0 N–H and O–H groups in total. The van der Waals surface area contributed by atoms with E-state index >= 15 is 0 Å². The van der Waals surface area contributed by atoms with Crippen LogP contribution >= 0.6 is 0 Å². The molecule has 3 rings (SSSR count). The van der Waals surface area contributed by atoms with Gasteiger partial charge in [-0.2, -0.15) is 0 Å². The van der Waals surface area contributed by atoms with Gasteiger partial charge in [0.1, 0.15) is 11.2 Å². The quantitative estimate of drug-likeness (QED) is 0.538. The van der Waals surface area contributed by atoms with Crippen molar-refractivity contribution in [3.63, 3.8) is 0 Å². The number of hydrogen-bond donors (Lipinski definition) is 0. The Morgan fingerprint density at radius 2 is 2.06 bits per heavy atom. The third-order valence-corrected chi connectivity index (χ3v) is 4.10. The molecule has 2 nitrogen and oxygen atoms in total. The largest absolute Gasteiger partial charge is 0.225 e. The average molecular weight is 236 g/mol. The lowest BCUT2D eigenvalue weighted by Gasteiger charge is -2.48. The summed E-state index contributed by atoms with van der Waals surface area (Å²) in [6, 6.07) is 0. The van der Waals surface area contributed by atoms with Crippen LogP contribution in [-0.4, -0.2) is 11.2 Å². The van der Waals surface area contributed by atoms with E-state index in [0.29, 0.717) is 5.92 Å². The van der Waals surface area contributed by atoms with Gasteiger partial charge < -0.3 is 0 Å². The second-order valence-electron chi connectivity index (χ2n) is 6.03. The van der Waals surface area contributed by atoms with Crippen molar-refractivity contribution in [2.45, 2.75) is 64.6 Å². The molecule has 1 aliphatic carbocycles. The first kappa shape index (κ1) is 12.8. The summed E-state index contributed by atoms with van der Waals surface area (Å²) in [5.74, 6) is 0.499. The highest BCUT2D eigenvalue weighted by Crippen LogP contribution is 2.45. The second-order valence-corrected chi connectivity index (χ2v) is 6.03. The fourth-order valence-electron chi connectivity index (χ4n) is 2.60. The Hall–Kier alpha value is -0.600. The van der Waals surface area contributed by atoms with Gasteiger partial charge in [0, 0.05) is 0 Å². The molecule has 1 fully saturated rings. The zero-order valence-corrected chi connectivity index (χ0v) is 11.5. The van der Waals surface area contributed by atoms with Crippen molar-refractivity contribution >= 4 is 0 Å². The van der Waals surface area contributed by atoms with Gasteiger partial charge in [-0.15, -0.1) is 0 Å². The fourth-order valence-corrected chi connectivity index (χ4v) is 2.60. The summed E-state index contributed by atoms with van der Waals surface area (Å²) in [5.41, 5.74) is 1.04. The Bertz CT molecular complexity index is 329. The molecule has 0 aromatic rings. The third kappa shape index (κ3) is 2.63. The molecule has 3 aliphatic rings. The molecule has 1 saturated heterocycles. The molecule has 0 radical (unpaired) electrons. The number of allylic oxidation sites excluding steroid dienone is 2. The van der Waals surface area contributed by atoms with Crippen molar-refractivity contribution in [3.05, 3.63) is 23.8 Å². The maximum atomic E-state index is 5.68. The lowest BCUT2D eigenvalue weighted by molar-refractivity contribution is -0.432. The Morgan fingerprint density at radius 1 is 1.29 bits per heavy atom. The van der Waals surface area contributed by atoms with Crippen LogP contribution in [0.4, 0.5) is 0 Å². The SMILES string of the molecule is CC(C)=CCC[C@H](C)[C@@]12C=C[C@@](C)(CC1)OO2. The van der Waals surface area contributed by atoms with Crippen LogP contribution in [0.5, 0.6) is 0 Å². The molecular formula is C15H24O2. The average Bonchev–Trinajstić information content (AvgIpc) is 2.30. The van der Waals surface area contributed by atoms with E-state index in [0.717, 1.165) is 25.7 Å². The lowest BCUT2D eigenvalue weighted by atomic mass is 9.74. The summed E-state index contributed by atoms with van der Waals surface area (Å²) in [7, 11) is 0. The van der Waals surface area contributed by atoms with Crippen LogP contribution in [0.2, 0.25) is 0 Å². The summed E-state index contributed by atoms with van der Waals surface area (Å²) in [5, 5.41) is 0. The van der Waals surface area contributed by atoms with E-state index in [1.54, 1.807) is 0 Å². The molecule has 0 saturated carbocycles. The number of hydrogen-bond acceptors (Lipinski definition) is 2. The molecule has 96 valence electrons. The van der Waals surface area contributed by atoms with Gasteiger partial charge in [-0.1, -0.05) is 30.7 Å². The highest BCUT2D eigenvalue weighted by Gasteiger charge is 2.48. The van der Waals surface area contributed by atoms with Crippen LogP contribution < -0.4 is 0 Å². The molecule has 0 aromatic carbocycles. The van der Waals surface area contributed by atoms with Crippen molar-refractivity contribution in [2.75, 3.05) is 0 Å². The molecule has 0 unspecified atom stereocenters. The van der Waals surface area contributed by atoms with E-state index in [1.165, 1.54) is 5.57 Å². The van der Waals surface area contributed by atoms with Gasteiger partial charge in [-0.25, -0.2) is 9.78 Å². The topological polar surface area (TPSA) is 18.5 Å². The van der Waals surface area contributed by atoms with E-state index in [1.807, 2.05) is 0 Å². The zero-order valence-electron chi connectivity index (χ0n) is 11.5. The van der Waals surface area contributed by atoms with Gasteiger partial charge in [0.05, 0.1) is 0 Å². The molecule has 3 atom stereocenters. The van der Waals surface area contributed by atoms with Gasteiger partial charge in [0.25, 0.3) is 0 Å². The van der Waals surface area contributed by atoms with Crippen LogP contribution in [0, 0.1) is 5.92 Å². The zero-order chi connectivity index (χ0) is 12.5. The summed E-state index contributed by atoms with van der Waals surface area (Å²) in [4.78, 5) is 11.2. The molecular weight excluding hydrogens is 212 g/mol. The predicted octanol–water partition coefficient (Wildman–Crippen LogP) is 4.18. The van der Waals surface area contributed by atoms with E-state index < -0.39 is 0 Å². The van der Waals surface area contributed by atoms with Crippen LogP contribution in [0.1, 0.15) is 53.4 Å². The predicted molar refractivity (Wildman–Crippen MR) is 69.5 cm³/mol. The first-order valence-corrected chi connectivity index (χ1v) is 6.66. The highest BCUT2D eigenvalue weighted by molar-refractivity contribution is 5.18. The molecule has 2 heteroatoms. The minimum atomic E-state index is -0.179. The standard InChI is InChI=1S/C15H24O2/c1-12(2)6-5-7-13(3)15-10-8-14(4,9-11-15)16-17-15/h6,8,10,13H,5,7,9,11H2,1-4H3/t13-,14-,15+/m0/s1. The van der Waals surface area contributed by atoms with Gasteiger partial charge in [-0.05, 0) is 52.4 Å². The minimum Gasteiger partial charge on any atom is -0.225 e. The van der Waals surface area contributed by atoms with Gasteiger partial charge in [0.15, 0.2) is 0 Å². The second kappa shape index (κ2) is 4.58. The molecule has 2 aliphatic heterocycles. The summed E-state index contributed by atoms with van der Waals surface area (Å²) < 4.78 is 0. The van der Waals surface area contributed by atoms with Gasteiger partial charge in [0.2, 0.25) is 0 Å². The van der Waals surface area contributed by atoms with E-state index in [2.05, 4.69) is 45.9 Å². The van der Waals surface area contributed by atoms with Crippen molar-refractivity contribution in [2.24, 2.45) is 5.92 Å². The van der Waals surface area contributed by atoms with E-state index in [4.69, 9.17) is 9.78 Å². The van der Waals surface area contributed by atoms with Crippen molar-refractivity contribution in [1.29, 1.82) is 0 Å². The third-order valence-electron chi connectivity index (χ3n) is 4.10. The monoisotopic (exact) mass is 236 g/mol. The van der Waals surface area contributed by atoms with Crippen LogP contribution in [-0.2, 0) is 9.78 Å². The fraction of sp³-hybridized carbons (Fsp3) is 0.733. The summed E-state index contributed by atoms with van der Waals surface area (Å²) in [6.07, 6.45) is 11.1. The van der Waals surface area contributed by atoms with Crippen LogP contribution in [0.3, 0.4) is 0 Å². The highest BCUT2D eigenvalue weighted by atomic mass is 17.2. The Morgan fingerprint density at radius 3 is 2.53 bits per heavy atom. The Kier molecular flexibility index (Phi) is 3.46. The van der Waals surface area contributed by atoms with Gasteiger partial charge >= 0.3 is 0 Å². The lowest BCUT2D eigenvalue weighted by Crippen LogP contribution is -2.51. The number of rotatable bonds is 4. The Labute approximate surface area is 105 Å². The molecule has 0 spiro atoms. The van der Waals surface area contributed by atoms with Crippen molar-refractivity contribution in [3.8, 4) is 0 Å². The molecule has 0 aromatic heterocycles. The summed E-state index contributed by atoms with van der Waals surface area (Å²) >= 11 is 0. The van der Waals surface area contributed by atoms with E-state index in [-0.39, 0.29) is 11.2 Å². The molecule has 0 amide bonds. The maximum Gasteiger partial charge on any atom is 0.124 e. The number of fused-ring (bicyclic) bond motifs is 2. The van der Waals surface area contributed by atoms with Crippen LogP contribution in [0.15, 0.2) is 23.8 Å². The smallest absolute Gasteiger partial charge is 0.124 e. The summed E-state index contributed by atoms with van der Waals surface area (Å²) in [6.45, 7) is 8.64. The normalized spacial score (nSPS) is 36.9. The van der Waals surface area contributed by atoms with Crippen molar-refractivity contribution in [1.82, 2.24) is 0 Å². The van der Waals surface area contributed by atoms with Crippen molar-refractivity contribution < 1.29 is 9.78 Å². The molecule has 2 heterocycles. The van der Waals surface area contributed by atoms with E-state index in [9.17, 15) is 0 Å². The molecule has 17 heavy (non-hydrogen) atoms. The molecule has 2 bridgehead atoms. The first-order chi connectivity index (χ1) is 7.96. The first-order valence-electron chi connectivity index (χ1n) is 6.66. The Balaban J connectivity index is 1.98. The maximum absolute atomic E-state index is 5.68.